The zero-order chi connectivity index (χ0) is 33.0. The molecule has 0 amide bonds. The first-order valence-corrected chi connectivity index (χ1v) is 17.6. The standard InChI is InChI=1S/C12H24O3.C12H24O2.C11H22O3/c1-2-3-4-5-6-7-8-9-11(13)10-12(14)15;1-2-3-4-5-6-7-8-9-10-11-12(13)14;1-2-3-4-5-6-7-8-10(12)9-11(13)14/h11,13H,2-10H2,1H3,(H,14,15);2-11H2,1H3,(H,13,14);10,12H,2-9H2,1H3,(H,13,14). The highest BCUT2D eigenvalue weighted by Crippen LogP contribution is 2.12. The van der Waals surface area contributed by atoms with Gasteiger partial charge in [0.15, 0.2) is 0 Å². The Labute approximate surface area is 264 Å². The summed E-state index contributed by atoms with van der Waals surface area (Å²) in [6.45, 7) is 6.60. The van der Waals surface area contributed by atoms with Crippen LogP contribution in [0.25, 0.3) is 0 Å². The molecule has 5 N–H and O–H groups in total. The van der Waals surface area contributed by atoms with Crippen molar-refractivity contribution in [2.75, 3.05) is 0 Å². The third-order valence-corrected chi connectivity index (χ3v) is 7.35. The smallest absolute Gasteiger partial charge is 0.305 e. The van der Waals surface area contributed by atoms with E-state index in [0.29, 0.717) is 19.3 Å². The molecule has 0 radical (unpaired) electrons. The second kappa shape index (κ2) is 38.4. The number of carboxylic acid groups (broad SMARTS) is 3. The molecule has 0 aromatic rings. The maximum Gasteiger partial charge on any atom is 0.305 e. The topological polar surface area (TPSA) is 152 Å². The minimum atomic E-state index is -0.913. The van der Waals surface area contributed by atoms with Crippen molar-refractivity contribution in [1.82, 2.24) is 0 Å². The van der Waals surface area contributed by atoms with Crippen LogP contribution in [0.2, 0.25) is 0 Å². The van der Waals surface area contributed by atoms with Crippen molar-refractivity contribution < 1.29 is 39.9 Å². The van der Waals surface area contributed by atoms with E-state index in [0.717, 1.165) is 38.5 Å². The molecule has 0 aromatic heterocycles. The number of unbranched alkanes of at least 4 members (excludes halogenated alkanes) is 19. The van der Waals surface area contributed by atoms with E-state index in [2.05, 4.69) is 20.8 Å². The van der Waals surface area contributed by atoms with Crippen LogP contribution < -0.4 is 0 Å². The fourth-order valence-corrected chi connectivity index (χ4v) is 4.69. The van der Waals surface area contributed by atoms with Gasteiger partial charge in [0.25, 0.3) is 0 Å². The summed E-state index contributed by atoms with van der Waals surface area (Å²) in [5, 5.41) is 43.8. The van der Waals surface area contributed by atoms with Gasteiger partial charge in [-0.2, -0.15) is 0 Å². The van der Waals surface area contributed by atoms with Crippen LogP contribution in [0.3, 0.4) is 0 Å². The Balaban J connectivity index is -0.000000559. The monoisotopic (exact) mass is 619 g/mol. The molecule has 0 aromatic carbocycles. The van der Waals surface area contributed by atoms with Crippen LogP contribution in [0.1, 0.15) is 194 Å². The third kappa shape index (κ3) is 50.3. The van der Waals surface area contributed by atoms with Crippen molar-refractivity contribution in [2.24, 2.45) is 0 Å². The van der Waals surface area contributed by atoms with E-state index in [1.165, 1.54) is 103 Å². The van der Waals surface area contributed by atoms with Gasteiger partial charge < -0.3 is 25.5 Å². The minimum absolute atomic E-state index is 0.115. The summed E-state index contributed by atoms with van der Waals surface area (Å²) in [6, 6.07) is 0. The molecule has 2 unspecified atom stereocenters. The molecule has 0 saturated carbocycles. The first-order valence-electron chi connectivity index (χ1n) is 17.6. The van der Waals surface area contributed by atoms with Gasteiger partial charge in [-0.3, -0.25) is 14.4 Å². The number of carbonyl (C=O) groups is 3. The van der Waals surface area contributed by atoms with Crippen LogP contribution in [0.15, 0.2) is 0 Å². The van der Waals surface area contributed by atoms with Crippen molar-refractivity contribution in [1.29, 1.82) is 0 Å². The first kappa shape index (κ1) is 45.8. The molecule has 0 aliphatic rings. The zero-order valence-electron chi connectivity index (χ0n) is 28.2. The highest BCUT2D eigenvalue weighted by Gasteiger charge is 2.09. The van der Waals surface area contributed by atoms with Crippen LogP contribution in [0.5, 0.6) is 0 Å². The maximum absolute atomic E-state index is 10.3. The second-order valence-corrected chi connectivity index (χ2v) is 11.9. The number of aliphatic hydroxyl groups excluding tert-OH is 2. The fourth-order valence-electron chi connectivity index (χ4n) is 4.69. The van der Waals surface area contributed by atoms with E-state index in [-0.39, 0.29) is 12.8 Å². The summed E-state index contributed by atoms with van der Waals surface area (Å²) in [5.74, 6) is -2.48. The largest absolute Gasteiger partial charge is 0.481 e. The molecule has 0 saturated heterocycles. The van der Waals surface area contributed by atoms with Gasteiger partial charge in [-0.15, -0.1) is 0 Å². The van der Waals surface area contributed by atoms with E-state index in [4.69, 9.17) is 15.3 Å². The summed E-state index contributed by atoms with van der Waals surface area (Å²) >= 11 is 0. The molecular weight excluding hydrogens is 548 g/mol. The van der Waals surface area contributed by atoms with Crippen molar-refractivity contribution >= 4 is 17.9 Å². The van der Waals surface area contributed by atoms with Crippen LogP contribution >= 0.6 is 0 Å². The lowest BCUT2D eigenvalue weighted by molar-refractivity contribution is -0.140. The highest BCUT2D eigenvalue weighted by atomic mass is 16.4. The van der Waals surface area contributed by atoms with E-state index in [1.54, 1.807) is 0 Å². The molecule has 0 rings (SSSR count). The van der Waals surface area contributed by atoms with E-state index in [1.807, 2.05) is 0 Å². The summed E-state index contributed by atoms with van der Waals surface area (Å²) < 4.78 is 0. The predicted octanol–water partition coefficient (Wildman–Crippen LogP) is 9.53. The Morgan fingerprint density at radius 1 is 0.395 bits per heavy atom. The number of aliphatic carboxylic acids is 3. The fraction of sp³-hybridized carbons (Fsp3) is 0.914. The van der Waals surface area contributed by atoms with Gasteiger partial charge in [-0.05, 0) is 19.3 Å². The van der Waals surface area contributed by atoms with Gasteiger partial charge in [-0.1, -0.05) is 156 Å². The van der Waals surface area contributed by atoms with Crippen molar-refractivity contribution in [2.45, 2.75) is 206 Å². The van der Waals surface area contributed by atoms with E-state index >= 15 is 0 Å². The van der Waals surface area contributed by atoms with Gasteiger partial charge in [0.05, 0.1) is 25.0 Å². The Morgan fingerprint density at radius 3 is 0.907 bits per heavy atom. The van der Waals surface area contributed by atoms with Crippen LogP contribution in [0, 0.1) is 0 Å². The highest BCUT2D eigenvalue weighted by molar-refractivity contribution is 5.67. The molecule has 0 aliphatic heterocycles. The van der Waals surface area contributed by atoms with Crippen molar-refractivity contribution in [3.8, 4) is 0 Å². The SMILES string of the molecule is CCCCCCCCC(O)CC(=O)O.CCCCCCCCCC(O)CC(=O)O.CCCCCCCCCCCC(=O)O. The lowest BCUT2D eigenvalue weighted by Crippen LogP contribution is -2.12. The zero-order valence-corrected chi connectivity index (χ0v) is 28.2. The molecule has 258 valence electrons. The number of hydrogen-bond donors (Lipinski definition) is 5. The summed E-state index contributed by atoms with van der Waals surface area (Å²) in [7, 11) is 0. The van der Waals surface area contributed by atoms with Crippen LogP contribution in [-0.4, -0.2) is 55.6 Å². The van der Waals surface area contributed by atoms with Gasteiger partial charge in [0, 0.05) is 6.42 Å². The molecule has 0 spiro atoms. The predicted molar refractivity (Wildman–Crippen MR) is 177 cm³/mol. The molecule has 0 bridgehead atoms. The van der Waals surface area contributed by atoms with E-state index in [9.17, 15) is 24.6 Å². The van der Waals surface area contributed by atoms with Crippen molar-refractivity contribution in [3.05, 3.63) is 0 Å². The van der Waals surface area contributed by atoms with Crippen LogP contribution in [-0.2, 0) is 14.4 Å². The molecule has 8 nitrogen and oxygen atoms in total. The lowest BCUT2D eigenvalue weighted by atomic mass is 10.1. The van der Waals surface area contributed by atoms with Crippen LogP contribution in [0.4, 0.5) is 0 Å². The summed E-state index contributed by atoms with van der Waals surface area (Å²) in [4.78, 5) is 30.7. The third-order valence-electron chi connectivity index (χ3n) is 7.35. The second-order valence-electron chi connectivity index (χ2n) is 11.9. The Hall–Kier alpha value is -1.67. The van der Waals surface area contributed by atoms with Gasteiger partial charge in [0.2, 0.25) is 0 Å². The maximum atomic E-state index is 10.3. The minimum Gasteiger partial charge on any atom is -0.481 e. The lowest BCUT2D eigenvalue weighted by Gasteiger charge is -2.06. The van der Waals surface area contributed by atoms with Gasteiger partial charge >= 0.3 is 17.9 Å². The first-order chi connectivity index (χ1) is 20.6. The number of rotatable bonds is 29. The van der Waals surface area contributed by atoms with E-state index < -0.39 is 30.1 Å². The summed E-state index contributed by atoms with van der Waals surface area (Å²) in [6.07, 6.45) is 26.6. The Morgan fingerprint density at radius 2 is 0.651 bits per heavy atom. The Kier molecular flexibility index (Phi) is 40.8. The number of aliphatic hydroxyl groups is 2. The average molecular weight is 619 g/mol. The normalized spacial score (nSPS) is 11.9. The van der Waals surface area contributed by atoms with Crippen molar-refractivity contribution in [3.63, 3.8) is 0 Å². The summed E-state index contributed by atoms with van der Waals surface area (Å²) in [5.41, 5.74) is 0. The molecule has 2 atom stereocenters. The number of hydrogen-bond acceptors (Lipinski definition) is 5. The quantitative estimate of drug-likeness (QED) is 0.0520. The van der Waals surface area contributed by atoms with Gasteiger partial charge in [0.1, 0.15) is 0 Å². The van der Waals surface area contributed by atoms with Gasteiger partial charge in [-0.25, -0.2) is 0 Å². The molecular formula is C35H70O8. The molecule has 8 heteroatoms. The average Bonchev–Trinajstić information content (AvgIpc) is 2.93. The molecule has 43 heavy (non-hydrogen) atoms. The number of carboxylic acids is 3. The molecule has 0 aliphatic carbocycles. The Bertz CT molecular complexity index is 596. The molecule has 0 fully saturated rings. The molecule has 0 heterocycles.